The van der Waals surface area contributed by atoms with E-state index in [1.165, 1.54) is 24.5 Å². The van der Waals surface area contributed by atoms with Crippen LogP contribution in [-0.2, 0) is 0 Å². The molecule has 146 valence electrons. The topological polar surface area (TPSA) is 73.1 Å². The lowest BCUT2D eigenvalue weighted by atomic mass is 10.1. The van der Waals surface area contributed by atoms with Crippen molar-refractivity contribution in [3.63, 3.8) is 0 Å². The fourth-order valence-electron chi connectivity index (χ4n) is 3.04. The van der Waals surface area contributed by atoms with Gasteiger partial charge in [-0.2, -0.15) is 0 Å². The summed E-state index contributed by atoms with van der Waals surface area (Å²) in [6.07, 6.45) is 4.87. The van der Waals surface area contributed by atoms with E-state index < -0.39 is 5.82 Å². The number of hydrogen-bond acceptors (Lipinski definition) is 5. The molecule has 0 spiro atoms. The summed E-state index contributed by atoms with van der Waals surface area (Å²) in [5, 5.41) is 7.76. The highest BCUT2D eigenvalue weighted by atomic mass is 19.1. The van der Waals surface area contributed by atoms with Crippen molar-refractivity contribution in [1.82, 2.24) is 24.6 Å². The van der Waals surface area contributed by atoms with Crippen molar-refractivity contribution in [1.29, 1.82) is 0 Å². The average molecular weight is 383 g/mol. The van der Waals surface area contributed by atoms with E-state index in [1.807, 2.05) is 39.8 Å². The number of ether oxygens (including phenoxy) is 1. The zero-order valence-corrected chi connectivity index (χ0v) is 16.2. The summed E-state index contributed by atoms with van der Waals surface area (Å²) in [5.41, 5.74) is 0.117. The second-order valence-electron chi connectivity index (χ2n) is 6.82. The molecule has 1 aromatic carbocycles. The van der Waals surface area contributed by atoms with Gasteiger partial charge in [0.05, 0.1) is 5.56 Å². The molecule has 3 aromatic rings. The van der Waals surface area contributed by atoms with Gasteiger partial charge in [-0.3, -0.25) is 4.79 Å². The van der Waals surface area contributed by atoms with Gasteiger partial charge in [0.2, 0.25) is 5.82 Å². The van der Waals surface area contributed by atoms with Crippen molar-refractivity contribution in [3.8, 4) is 17.4 Å². The van der Waals surface area contributed by atoms with E-state index in [1.54, 1.807) is 21.9 Å². The van der Waals surface area contributed by atoms with Gasteiger partial charge < -0.3 is 14.2 Å². The highest BCUT2D eigenvalue weighted by molar-refractivity contribution is 5.97. The van der Waals surface area contributed by atoms with Gasteiger partial charge >= 0.3 is 0 Å². The van der Waals surface area contributed by atoms with Gasteiger partial charge in [-0.25, -0.2) is 9.37 Å². The first kappa shape index (κ1) is 19.5. The standard InChI is InChI=1S/C20H22FN5O2/c1-13(2)26(14(3)4)20(27)16-11-15(21)7-8-17(16)28-19-18(22-12-23-24-19)25-9-5-6-10-25/h5-14H,1-4H3. The maximum atomic E-state index is 13.9. The lowest BCUT2D eigenvalue weighted by molar-refractivity contribution is 0.0640. The van der Waals surface area contributed by atoms with Gasteiger partial charge in [-0.15, -0.1) is 10.2 Å². The summed E-state index contributed by atoms with van der Waals surface area (Å²) in [4.78, 5) is 19.0. The Balaban J connectivity index is 2.02. The van der Waals surface area contributed by atoms with Crippen molar-refractivity contribution >= 4 is 5.91 Å². The molecule has 8 heteroatoms. The fraction of sp³-hybridized carbons (Fsp3) is 0.300. The molecule has 28 heavy (non-hydrogen) atoms. The van der Waals surface area contributed by atoms with E-state index in [4.69, 9.17) is 4.74 Å². The first-order valence-electron chi connectivity index (χ1n) is 8.99. The summed E-state index contributed by atoms with van der Waals surface area (Å²) in [5.74, 6) is -0.134. The van der Waals surface area contributed by atoms with Crippen molar-refractivity contribution < 1.29 is 13.9 Å². The second-order valence-corrected chi connectivity index (χ2v) is 6.82. The number of benzene rings is 1. The zero-order chi connectivity index (χ0) is 20.3. The number of nitrogens with zero attached hydrogens (tertiary/aromatic N) is 5. The van der Waals surface area contributed by atoms with Crippen LogP contribution in [0.4, 0.5) is 4.39 Å². The van der Waals surface area contributed by atoms with Crippen LogP contribution in [-0.4, -0.2) is 42.6 Å². The van der Waals surface area contributed by atoms with Crippen LogP contribution in [0.2, 0.25) is 0 Å². The fourth-order valence-corrected chi connectivity index (χ4v) is 3.04. The third-order valence-electron chi connectivity index (χ3n) is 4.15. The summed E-state index contributed by atoms with van der Waals surface area (Å²) >= 11 is 0. The maximum absolute atomic E-state index is 13.9. The minimum Gasteiger partial charge on any atom is -0.434 e. The third-order valence-corrected chi connectivity index (χ3v) is 4.15. The van der Waals surface area contributed by atoms with Crippen LogP contribution in [0.1, 0.15) is 38.1 Å². The molecule has 0 saturated carbocycles. The maximum Gasteiger partial charge on any atom is 0.283 e. The average Bonchev–Trinajstić information content (AvgIpc) is 3.17. The molecule has 0 atom stereocenters. The van der Waals surface area contributed by atoms with Crippen LogP contribution >= 0.6 is 0 Å². The molecule has 2 aromatic heterocycles. The molecule has 0 aliphatic heterocycles. The molecular formula is C20H22FN5O2. The molecule has 0 radical (unpaired) electrons. The molecule has 0 aliphatic carbocycles. The second kappa shape index (κ2) is 8.16. The van der Waals surface area contributed by atoms with Crippen molar-refractivity contribution in [2.75, 3.05) is 0 Å². The van der Waals surface area contributed by atoms with Gasteiger partial charge in [0.1, 0.15) is 17.9 Å². The molecule has 0 saturated heterocycles. The van der Waals surface area contributed by atoms with Crippen molar-refractivity contribution in [2.24, 2.45) is 0 Å². The molecule has 2 heterocycles. The molecule has 0 bridgehead atoms. The van der Waals surface area contributed by atoms with E-state index in [2.05, 4.69) is 15.2 Å². The normalized spacial score (nSPS) is 11.1. The van der Waals surface area contributed by atoms with Crippen molar-refractivity contribution in [3.05, 3.63) is 60.4 Å². The largest absolute Gasteiger partial charge is 0.434 e. The lowest BCUT2D eigenvalue weighted by Crippen LogP contribution is -2.42. The highest BCUT2D eigenvalue weighted by Crippen LogP contribution is 2.29. The predicted octanol–water partition coefficient (Wildman–Crippen LogP) is 3.85. The number of hydrogen-bond donors (Lipinski definition) is 0. The van der Waals surface area contributed by atoms with Crippen LogP contribution in [0.5, 0.6) is 11.6 Å². The minimum atomic E-state index is -0.522. The Hall–Kier alpha value is -3.29. The molecule has 1 amide bonds. The van der Waals surface area contributed by atoms with E-state index in [0.717, 1.165) is 0 Å². The van der Waals surface area contributed by atoms with Crippen LogP contribution < -0.4 is 4.74 Å². The smallest absolute Gasteiger partial charge is 0.283 e. The molecule has 0 N–H and O–H groups in total. The molecule has 0 fully saturated rings. The van der Waals surface area contributed by atoms with Gasteiger partial charge in [0.25, 0.3) is 11.8 Å². The molecule has 0 unspecified atom stereocenters. The molecular weight excluding hydrogens is 361 g/mol. The van der Waals surface area contributed by atoms with Gasteiger partial charge in [-0.05, 0) is 58.0 Å². The Morgan fingerprint density at radius 3 is 2.46 bits per heavy atom. The number of halogens is 1. The van der Waals surface area contributed by atoms with Crippen LogP contribution in [0.15, 0.2) is 49.1 Å². The van der Waals surface area contributed by atoms with Crippen molar-refractivity contribution in [2.45, 2.75) is 39.8 Å². The number of amides is 1. The minimum absolute atomic E-state index is 0.0581. The van der Waals surface area contributed by atoms with Crippen LogP contribution in [0.25, 0.3) is 5.82 Å². The number of rotatable bonds is 6. The van der Waals surface area contributed by atoms with Gasteiger partial charge in [-0.1, -0.05) is 0 Å². The monoisotopic (exact) mass is 383 g/mol. The Morgan fingerprint density at radius 2 is 1.82 bits per heavy atom. The Labute approximate surface area is 162 Å². The van der Waals surface area contributed by atoms with Crippen LogP contribution in [0.3, 0.4) is 0 Å². The summed E-state index contributed by atoms with van der Waals surface area (Å²) < 4.78 is 21.5. The number of aromatic nitrogens is 4. The summed E-state index contributed by atoms with van der Waals surface area (Å²) in [7, 11) is 0. The molecule has 0 aliphatic rings. The lowest BCUT2D eigenvalue weighted by Gasteiger charge is -2.31. The van der Waals surface area contributed by atoms with Crippen LogP contribution in [0, 0.1) is 5.82 Å². The Morgan fingerprint density at radius 1 is 1.14 bits per heavy atom. The summed E-state index contributed by atoms with van der Waals surface area (Å²) in [6.45, 7) is 7.64. The zero-order valence-electron chi connectivity index (χ0n) is 16.2. The van der Waals surface area contributed by atoms with E-state index in [-0.39, 0.29) is 35.2 Å². The Kier molecular flexibility index (Phi) is 5.67. The quantitative estimate of drug-likeness (QED) is 0.646. The highest BCUT2D eigenvalue weighted by Gasteiger charge is 2.26. The summed E-state index contributed by atoms with van der Waals surface area (Å²) in [6, 6.07) is 7.38. The third kappa shape index (κ3) is 4.00. The number of carbonyl (C=O) groups is 1. The Bertz CT molecular complexity index is 949. The SMILES string of the molecule is CC(C)N(C(=O)c1cc(F)ccc1Oc1nncnc1-n1cccc1)C(C)C. The van der Waals surface area contributed by atoms with E-state index >= 15 is 0 Å². The van der Waals surface area contributed by atoms with Gasteiger partial charge in [0, 0.05) is 24.5 Å². The first-order valence-corrected chi connectivity index (χ1v) is 8.99. The van der Waals surface area contributed by atoms with Gasteiger partial charge in [0.15, 0.2) is 0 Å². The molecule has 3 rings (SSSR count). The van der Waals surface area contributed by atoms with E-state index in [9.17, 15) is 9.18 Å². The van der Waals surface area contributed by atoms with E-state index in [0.29, 0.717) is 5.82 Å². The number of carbonyl (C=O) groups excluding carboxylic acids is 1. The predicted molar refractivity (Wildman–Crippen MR) is 102 cm³/mol. The first-order chi connectivity index (χ1) is 13.4. The molecule has 7 nitrogen and oxygen atoms in total.